The molecule has 0 saturated heterocycles. The van der Waals surface area contributed by atoms with Gasteiger partial charge in [-0.3, -0.25) is 14.2 Å². The number of ether oxygens (including phenoxy) is 2. The molecule has 1 unspecified atom stereocenters. The maximum Gasteiger partial charge on any atom is 0.306 e. The van der Waals surface area contributed by atoms with Gasteiger partial charge in [-0.2, -0.15) is 0 Å². The van der Waals surface area contributed by atoms with E-state index in [0.29, 0.717) is 0 Å². The molecule has 10 heteroatoms. The molecule has 0 heterocycles. The molecule has 0 rings (SSSR count). The summed E-state index contributed by atoms with van der Waals surface area (Å²) in [5, 5.41) is 0. The molecule has 0 saturated carbocycles. The zero-order valence-corrected chi connectivity index (χ0v) is 26.5. The molecule has 0 fully saturated rings. The Labute approximate surface area is 428 Å². The number of esters is 2. The molecule has 0 aliphatic heterocycles. The average molecular weight is 838 g/mol. The maximum atomic E-state index is 14.2. The fourth-order valence-electron chi connectivity index (χ4n) is 1.76. The summed E-state index contributed by atoms with van der Waals surface area (Å²) in [7, 11) is -7.47. The lowest BCUT2D eigenvalue weighted by Gasteiger charge is -2.28. The number of phosphoric ester groups is 1. The summed E-state index contributed by atoms with van der Waals surface area (Å²) in [6.07, 6.45) is -153. The van der Waals surface area contributed by atoms with Crippen LogP contribution in [0.4, 0.5) is 0 Å². The summed E-state index contributed by atoms with van der Waals surface area (Å²) < 4.78 is 655. The molecule has 0 amide bonds. The van der Waals surface area contributed by atoms with Gasteiger partial charge in [-0.05, 0) is 38.2 Å². The Morgan fingerprint density at radius 3 is 1.58 bits per heavy atom. The molecule has 2 atom stereocenters. The molecule has 0 aromatic carbocycles. The van der Waals surface area contributed by atoms with Crippen molar-refractivity contribution in [2.75, 3.05) is 47.2 Å². The first kappa shape index (κ1) is 7.82. The minimum atomic E-state index is -7.47. The number of quaternary nitrogens is 1. The lowest BCUT2D eigenvalue weighted by molar-refractivity contribution is -0.870. The average Bonchev–Trinajstić information content (AvgIpc) is 0.670. The Bertz CT molecular complexity index is 4080. The SMILES string of the molecule is [2H]/C(=C(\[2H])C([2H])([2H])C([2H])([2H])C([2H])([2H])C([2H])([2H])C([2H])([2H])C([2H])([2H])C([2H])([2H])C([2H])([2H])[2H])C([2H])([2H])C([2H])([2H])C([2H])([2H])C([2H])([2H])C([2H])([2H])C([2H])([2H])C([2H])([2H])C(=O)O[C@H](COC(=O)C([2H])([2H])C([2H])([2H])C([2H])([2H])C([2H])([2H])C([2H])([2H])C([2H])([2H])C([2H])([2H])C([2H])([2H])C([2H])([2H])C([2H])([2H])C([2H])([2H])C([2H])([2H])C([2H])([2H])C([2H])([2H])C([2H])([2H])[2H])COP(=O)([O-])OC([2H])([2H])C([2H])([2H])[N+](C([2H])([2H])[2H])(C([2H])([2H])[2H])C([2H])([2H])[2H]. The first-order chi connectivity index (χ1) is 54.4. The molecule has 0 spiro atoms. The lowest BCUT2D eigenvalue weighted by atomic mass is 10.0. The van der Waals surface area contributed by atoms with Crippen LogP contribution in [-0.4, -0.2) is 69.7 Å². The Balaban J connectivity index is 8.98. The van der Waals surface area contributed by atoms with Crippen LogP contribution in [0.1, 0.15) is 298 Å². The molecule has 308 valence electrons. The van der Waals surface area contributed by atoms with Gasteiger partial charge in [0, 0.05) is 97.7 Å². The first-order valence-electron chi connectivity index (χ1n) is 51.0. The summed E-state index contributed by atoms with van der Waals surface area (Å²) in [5.41, 5.74) is 0. The van der Waals surface area contributed by atoms with Gasteiger partial charge < -0.3 is 27.9 Å². The van der Waals surface area contributed by atoms with Gasteiger partial charge in [0.15, 0.2) is 6.10 Å². The molecule has 0 aliphatic carbocycles. The number of phosphoric acid groups is 1. The van der Waals surface area contributed by atoms with E-state index in [9.17, 15) is 19.0 Å². The number of carbonyl (C=O) groups excluding carboxylic acids is 2. The van der Waals surface area contributed by atoms with Crippen molar-refractivity contribution in [1.29, 1.82) is 0 Å². The quantitative estimate of drug-likeness (QED) is 0.0260. The van der Waals surface area contributed by atoms with Gasteiger partial charge in [0.1, 0.15) is 19.7 Å². The Morgan fingerprint density at radius 1 is 0.654 bits per heavy atom. The number of hydrogen-bond donors (Lipinski definition) is 0. The second-order valence-electron chi connectivity index (χ2n) is 7.09. The second kappa shape index (κ2) is 35.5. The molecule has 0 bridgehead atoms. The molecular weight excluding hydrogens is 677 g/mol. The summed E-state index contributed by atoms with van der Waals surface area (Å²) in [4.78, 5) is 41.7. The molecule has 52 heavy (non-hydrogen) atoms. The van der Waals surface area contributed by atoms with Gasteiger partial charge in [-0.25, -0.2) is 0 Å². The van der Waals surface area contributed by atoms with Gasteiger partial charge in [0.25, 0.3) is 7.82 Å². The first-order valence-corrected chi connectivity index (χ1v) is 14.0. The number of rotatable bonds is 39. The van der Waals surface area contributed by atoms with E-state index >= 15 is 0 Å². The third kappa shape index (κ3) is 38.5. The summed E-state index contributed by atoms with van der Waals surface area (Å²) in [6.45, 7) is -39.6. The van der Waals surface area contributed by atoms with E-state index in [1.165, 1.54) is 0 Å². The summed E-state index contributed by atoms with van der Waals surface area (Å²) in [5.74, 6) is -6.78. The standard InChI is InChI=1S/C42H82NO8P/c1-6-8-10-12-14-16-18-20-21-23-25-27-29-31-33-35-42(45)51-40(39-50-52(46,47)49-37-36-43(3,4)5)38-48-41(44)34-32-30-28-26-24-22-19-17-15-13-11-9-7-2/h20-21,40H,6-19,22-39H2,1-5H3/b21-20-/t40-/m1/s1/i1D3,2D3,3D3,4D3,5D3,6D2,7D2,8D2,9D2,10D2,11D2,12D2,13D2,14D2,15D2,16D2,17D2,18D2,19D2,20D,21D,22D2,23D2,24D2,25D2,26D2,27D2,28D2,29D2,30D2,31D2,32D2,33D2,34D2,35D2,36D2,37D2. The van der Waals surface area contributed by atoms with Crippen molar-refractivity contribution < 1.29 is 148 Å². The monoisotopic (exact) mass is 837 g/mol. The predicted molar refractivity (Wildman–Crippen MR) is 213 cm³/mol. The highest BCUT2D eigenvalue weighted by molar-refractivity contribution is 7.45. The van der Waals surface area contributed by atoms with E-state index in [-0.39, 0.29) is 0 Å². The minimum Gasteiger partial charge on any atom is -0.756 e. The topological polar surface area (TPSA) is 111 Å². The summed E-state index contributed by atoms with van der Waals surface area (Å²) in [6, 6.07) is -5.84. The number of carbonyl (C=O) groups is 2. The third-order valence-corrected chi connectivity index (χ3v) is 4.20. The fourth-order valence-corrected chi connectivity index (χ4v) is 2.32. The largest absolute Gasteiger partial charge is 0.756 e. The molecule has 0 aromatic rings. The van der Waals surface area contributed by atoms with Crippen molar-refractivity contribution in [1.82, 2.24) is 0 Å². The summed E-state index contributed by atoms with van der Waals surface area (Å²) >= 11 is 0. The van der Waals surface area contributed by atoms with Crippen LogP contribution in [0.15, 0.2) is 12.1 Å². The van der Waals surface area contributed by atoms with Crippen LogP contribution in [0.2, 0.25) is 0 Å². The van der Waals surface area contributed by atoms with E-state index in [4.69, 9.17) is 106 Å². The predicted octanol–water partition coefficient (Wildman–Crippen LogP) is 11.2. The van der Waals surface area contributed by atoms with Crippen molar-refractivity contribution in [3.05, 3.63) is 12.1 Å². The van der Waals surface area contributed by atoms with E-state index in [2.05, 4.69) is 18.5 Å². The van der Waals surface area contributed by atoms with Gasteiger partial charge in [0.05, 0.1) is 48.1 Å². The molecule has 0 N–H and O–H groups in total. The van der Waals surface area contributed by atoms with Crippen LogP contribution in [-0.2, 0) is 32.7 Å². The normalized spacial score (nSPS) is 45.5. The Kier molecular flexibility index (Phi) is 5.33. The van der Waals surface area contributed by atoms with Gasteiger partial charge in [-0.15, -0.1) is 0 Å². The molecule has 9 nitrogen and oxygen atoms in total. The van der Waals surface area contributed by atoms with E-state index in [1.807, 2.05) is 0 Å². The van der Waals surface area contributed by atoms with E-state index in [0.717, 1.165) is 0 Å². The number of likely N-dealkylation sites (N-methyl/N-ethyl adjacent to an activating group) is 1. The molecule has 0 aromatic heterocycles. The number of nitrogens with zero attached hydrogens (tertiary/aromatic N) is 1. The second-order valence-corrected chi connectivity index (χ2v) is 8.43. The highest BCUT2D eigenvalue weighted by Crippen LogP contribution is 2.38. The van der Waals surface area contributed by atoms with Crippen LogP contribution < -0.4 is 4.89 Å². The number of hydrogen-bond acceptors (Lipinski definition) is 8. The smallest absolute Gasteiger partial charge is 0.306 e. The van der Waals surface area contributed by atoms with Crippen molar-refractivity contribution in [3.63, 3.8) is 0 Å². The highest BCUT2D eigenvalue weighted by Gasteiger charge is 2.21. The van der Waals surface area contributed by atoms with Crippen LogP contribution in [0.25, 0.3) is 0 Å². The number of allylic oxidation sites excluding steroid dienone is 2. The van der Waals surface area contributed by atoms with Crippen LogP contribution in [0.3, 0.4) is 0 Å². The fraction of sp³-hybridized carbons (Fsp3) is 0.905. The highest BCUT2D eigenvalue weighted by atomic mass is 31.2. The van der Waals surface area contributed by atoms with Crippen LogP contribution >= 0.6 is 7.82 Å². The van der Waals surface area contributed by atoms with Crippen molar-refractivity contribution in [2.45, 2.75) is 198 Å². The third-order valence-electron chi connectivity index (χ3n) is 3.42. The Hall–Kier alpha value is -1.25. The van der Waals surface area contributed by atoms with Crippen LogP contribution in [0, 0.1) is 0 Å². The van der Waals surface area contributed by atoms with Gasteiger partial charge in [0.2, 0.25) is 0 Å². The zero-order valence-electron chi connectivity index (χ0n) is 103. The minimum absolute atomic E-state index is 2.70. The van der Waals surface area contributed by atoms with Crippen LogP contribution in [0.5, 0.6) is 0 Å². The van der Waals surface area contributed by atoms with Gasteiger partial charge >= 0.3 is 11.9 Å². The van der Waals surface area contributed by atoms with E-state index < -0.39 is 282 Å². The van der Waals surface area contributed by atoms with Gasteiger partial charge in [-0.1, -0.05) is 153 Å². The van der Waals surface area contributed by atoms with Crippen molar-refractivity contribution in [3.8, 4) is 0 Å². The lowest BCUT2D eigenvalue weighted by Crippen LogP contribution is -2.37. The van der Waals surface area contributed by atoms with E-state index in [1.54, 1.807) is 0 Å². The van der Waals surface area contributed by atoms with Crippen molar-refractivity contribution >= 4 is 19.8 Å². The molecular formula is C42H82NO8P. The zero-order chi connectivity index (χ0) is 107. The molecule has 0 radical (unpaired) electrons. The Morgan fingerprint density at radius 2 is 1.10 bits per heavy atom. The maximum absolute atomic E-state index is 14.2. The molecule has 0 aliphatic rings. The van der Waals surface area contributed by atoms with Crippen molar-refractivity contribution in [2.24, 2.45) is 0 Å².